The number of thiazole rings is 1. The molecule has 1 atom stereocenters. The second-order valence-corrected chi connectivity index (χ2v) is 9.64. The molecular weight excluding hydrogens is 469 g/mol. The monoisotopic (exact) mass is 489 g/mol. The maximum absolute atomic E-state index is 12.1. The number of carbonyl (C=O) groups excluding carboxylic acids is 1. The Morgan fingerprint density at radius 3 is 2.97 bits per heavy atom. The SMILES string of the molecule is O=C(O)Cc1csc(SCC(=O)NC[C@H]2CN(Cc3ccc(Cl)c(Cl)c3)CCO2)n1. The Kier molecular flexibility index (Phi) is 8.79. The average Bonchev–Trinajstić information content (AvgIpc) is 3.14. The highest BCUT2D eigenvalue weighted by Crippen LogP contribution is 2.24. The lowest BCUT2D eigenvalue weighted by Crippen LogP contribution is -2.47. The van der Waals surface area contributed by atoms with Gasteiger partial charge in [-0.15, -0.1) is 11.3 Å². The van der Waals surface area contributed by atoms with Crippen LogP contribution in [0.15, 0.2) is 27.9 Å². The van der Waals surface area contributed by atoms with E-state index in [0.717, 1.165) is 18.7 Å². The molecule has 1 saturated heterocycles. The molecule has 1 fully saturated rings. The number of benzene rings is 1. The van der Waals surface area contributed by atoms with Crippen molar-refractivity contribution in [3.05, 3.63) is 44.9 Å². The number of rotatable bonds is 9. The van der Waals surface area contributed by atoms with E-state index in [-0.39, 0.29) is 24.2 Å². The number of morpholine rings is 1. The minimum Gasteiger partial charge on any atom is -0.481 e. The van der Waals surface area contributed by atoms with E-state index >= 15 is 0 Å². The number of hydrogen-bond acceptors (Lipinski definition) is 7. The quantitative estimate of drug-likeness (QED) is 0.522. The molecule has 1 aromatic carbocycles. The van der Waals surface area contributed by atoms with Crippen LogP contribution in [-0.2, 0) is 27.3 Å². The van der Waals surface area contributed by atoms with Crippen molar-refractivity contribution in [1.29, 1.82) is 0 Å². The molecule has 1 aromatic heterocycles. The Morgan fingerprint density at radius 1 is 1.37 bits per heavy atom. The third-order valence-corrected chi connectivity index (χ3v) is 7.14. The summed E-state index contributed by atoms with van der Waals surface area (Å²) in [6.07, 6.45) is -0.196. The van der Waals surface area contributed by atoms with Crippen molar-refractivity contribution in [2.45, 2.75) is 23.4 Å². The molecule has 2 heterocycles. The van der Waals surface area contributed by atoms with Gasteiger partial charge in [0.15, 0.2) is 4.34 Å². The summed E-state index contributed by atoms with van der Waals surface area (Å²) in [5.41, 5.74) is 1.59. The summed E-state index contributed by atoms with van der Waals surface area (Å²) in [5, 5.41) is 14.5. The summed E-state index contributed by atoms with van der Waals surface area (Å²) in [7, 11) is 0. The maximum Gasteiger partial charge on any atom is 0.309 e. The number of amides is 1. The van der Waals surface area contributed by atoms with Crippen LogP contribution in [0.25, 0.3) is 0 Å². The number of nitrogens with zero attached hydrogens (tertiary/aromatic N) is 2. The predicted octanol–water partition coefficient (Wildman–Crippen LogP) is 3.19. The van der Waals surface area contributed by atoms with Crippen molar-refractivity contribution in [3.63, 3.8) is 0 Å². The standard InChI is InChI=1S/C19H21Cl2N3O4S2/c20-15-2-1-12(5-16(15)21)8-24-3-4-28-14(9-24)7-22-17(25)11-30-19-23-13(10-29-19)6-18(26)27/h1-2,5,10,14H,3-4,6-9,11H2,(H,22,25)(H,26,27)/t14-/m0/s1. The zero-order valence-electron chi connectivity index (χ0n) is 16.0. The van der Waals surface area contributed by atoms with Crippen molar-refractivity contribution in [1.82, 2.24) is 15.2 Å². The van der Waals surface area contributed by atoms with Gasteiger partial charge >= 0.3 is 5.97 Å². The van der Waals surface area contributed by atoms with Crippen LogP contribution < -0.4 is 5.32 Å². The van der Waals surface area contributed by atoms with Gasteiger partial charge in [0.1, 0.15) is 0 Å². The molecule has 1 aliphatic rings. The lowest BCUT2D eigenvalue weighted by atomic mass is 10.2. The molecule has 0 aliphatic carbocycles. The molecular formula is C19H21Cl2N3O4S2. The van der Waals surface area contributed by atoms with Crippen molar-refractivity contribution in [2.75, 3.05) is 32.0 Å². The van der Waals surface area contributed by atoms with Crippen molar-refractivity contribution < 1.29 is 19.4 Å². The van der Waals surface area contributed by atoms with E-state index < -0.39 is 5.97 Å². The molecule has 0 saturated carbocycles. The fourth-order valence-electron chi connectivity index (χ4n) is 2.94. The molecule has 0 spiro atoms. The number of carboxylic acids is 1. The number of hydrogen-bond donors (Lipinski definition) is 2. The van der Waals surface area contributed by atoms with Crippen LogP contribution in [0.5, 0.6) is 0 Å². The molecule has 0 bridgehead atoms. The highest BCUT2D eigenvalue weighted by molar-refractivity contribution is 8.01. The van der Waals surface area contributed by atoms with E-state index in [1.165, 1.54) is 23.1 Å². The van der Waals surface area contributed by atoms with Crippen molar-refractivity contribution >= 4 is 58.2 Å². The first-order valence-corrected chi connectivity index (χ1v) is 11.8. The third kappa shape index (κ3) is 7.40. The van der Waals surface area contributed by atoms with Gasteiger partial charge in [0.2, 0.25) is 5.91 Å². The second kappa shape index (κ2) is 11.3. The summed E-state index contributed by atoms with van der Waals surface area (Å²) in [4.78, 5) is 29.3. The van der Waals surface area contributed by atoms with E-state index in [1.54, 1.807) is 11.4 Å². The summed E-state index contributed by atoms with van der Waals surface area (Å²) in [6, 6.07) is 5.62. The first kappa shape index (κ1) is 23.3. The van der Waals surface area contributed by atoms with Gasteiger partial charge in [-0.05, 0) is 17.7 Å². The molecule has 0 unspecified atom stereocenters. The Bertz CT molecular complexity index is 896. The Hall–Kier alpha value is -1.36. The molecule has 30 heavy (non-hydrogen) atoms. The summed E-state index contributed by atoms with van der Waals surface area (Å²) in [6.45, 7) is 3.28. The van der Waals surface area contributed by atoms with E-state index in [4.69, 9.17) is 33.0 Å². The molecule has 2 aromatic rings. The highest BCUT2D eigenvalue weighted by Gasteiger charge is 2.21. The molecule has 3 rings (SSSR count). The summed E-state index contributed by atoms with van der Waals surface area (Å²) in [5.74, 6) is -0.810. The fraction of sp³-hybridized carbons (Fsp3) is 0.421. The molecule has 1 aliphatic heterocycles. The van der Waals surface area contributed by atoms with Gasteiger partial charge in [-0.1, -0.05) is 41.0 Å². The normalized spacial score (nSPS) is 17.1. The number of nitrogens with one attached hydrogen (secondary N) is 1. The van der Waals surface area contributed by atoms with Gasteiger partial charge < -0.3 is 15.2 Å². The number of halogens is 2. The zero-order chi connectivity index (χ0) is 21.5. The largest absolute Gasteiger partial charge is 0.481 e. The first-order valence-electron chi connectivity index (χ1n) is 9.22. The Morgan fingerprint density at radius 2 is 2.20 bits per heavy atom. The minimum absolute atomic E-state index is 0.0856. The Balaban J connectivity index is 1.39. The van der Waals surface area contributed by atoms with Gasteiger partial charge in [-0.2, -0.15) is 0 Å². The van der Waals surface area contributed by atoms with Gasteiger partial charge in [-0.3, -0.25) is 14.5 Å². The van der Waals surface area contributed by atoms with Gasteiger partial charge in [0, 0.05) is 31.6 Å². The van der Waals surface area contributed by atoms with Gasteiger partial charge in [0.25, 0.3) is 0 Å². The highest BCUT2D eigenvalue weighted by atomic mass is 35.5. The van der Waals surface area contributed by atoms with Crippen LogP contribution in [0.4, 0.5) is 0 Å². The number of carboxylic acid groups (broad SMARTS) is 1. The van der Waals surface area contributed by atoms with E-state index in [1.807, 2.05) is 12.1 Å². The molecule has 162 valence electrons. The van der Waals surface area contributed by atoms with Gasteiger partial charge in [-0.25, -0.2) is 4.98 Å². The minimum atomic E-state index is -0.921. The van der Waals surface area contributed by atoms with Crippen molar-refractivity contribution in [2.24, 2.45) is 0 Å². The number of thioether (sulfide) groups is 1. The van der Waals surface area contributed by atoms with E-state index in [2.05, 4.69) is 15.2 Å². The molecule has 11 heteroatoms. The van der Waals surface area contributed by atoms with Gasteiger partial charge in [0.05, 0.1) is 40.6 Å². The topological polar surface area (TPSA) is 91.8 Å². The number of aliphatic carboxylic acids is 1. The van der Waals surface area contributed by atoms with Crippen LogP contribution in [0.3, 0.4) is 0 Å². The number of carbonyl (C=O) groups is 2. The summed E-state index contributed by atoms with van der Waals surface area (Å²) >= 11 is 14.7. The van der Waals surface area contributed by atoms with E-state index in [9.17, 15) is 9.59 Å². The third-order valence-electron chi connectivity index (χ3n) is 4.33. The predicted molar refractivity (Wildman–Crippen MR) is 119 cm³/mol. The first-order chi connectivity index (χ1) is 14.4. The number of aromatic nitrogens is 1. The molecule has 2 N–H and O–H groups in total. The van der Waals surface area contributed by atoms with Crippen LogP contribution >= 0.6 is 46.3 Å². The fourth-order valence-corrected chi connectivity index (χ4v) is 4.94. The lowest BCUT2D eigenvalue weighted by molar-refractivity contribution is -0.136. The smallest absolute Gasteiger partial charge is 0.309 e. The van der Waals surface area contributed by atoms with Crippen LogP contribution in [0.2, 0.25) is 10.0 Å². The molecule has 0 radical (unpaired) electrons. The zero-order valence-corrected chi connectivity index (χ0v) is 19.1. The second-order valence-electron chi connectivity index (χ2n) is 6.74. The van der Waals surface area contributed by atoms with Crippen LogP contribution in [-0.4, -0.2) is 65.0 Å². The number of ether oxygens (including phenoxy) is 1. The van der Waals surface area contributed by atoms with Crippen LogP contribution in [0.1, 0.15) is 11.3 Å². The van der Waals surface area contributed by atoms with Crippen molar-refractivity contribution in [3.8, 4) is 0 Å². The molecule has 1 amide bonds. The molecule has 7 nitrogen and oxygen atoms in total. The Labute approximate surface area is 192 Å². The summed E-state index contributed by atoms with van der Waals surface area (Å²) < 4.78 is 6.45. The van der Waals surface area contributed by atoms with Crippen LogP contribution in [0, 0.1) is 0 Å². The lowest BCUT2D eigenvalue weighted by Gasteiger charge is -2.33. The van der Waals surface area contributed by atoms with E-state index in [0.29, 0.717) is 39.8 Å². The maximum atomic E-state index is 12.1. The average molecular weight is 490 g/mol.